The summed E-state index contributed by atoms with van der Waals surface area (Å²) in [5, 5.41) is 0. The third kappa shape index (κ3) is 2.91. The van der Waals surface area contributed by atoms with Gasteiger partial charge in [0.15, 0.2) is 5.75 Å². The van der Waals surface area contributed by atoms with E-state index in [0.717, 1.165) is 0 Å². The summed E-state index contributed by atoms with van der Waals surface area (Å²) < 4.78 is 44.6. The molecule has 0 aromatic carbocycles. The lowest BCUT2D eigenvalue weighted by Gasteiger charge is -2.14. The molecule has 0 bridgehead atoms. The summed E-state index contributed by atoms with van der Waals surface area (Å²) in [6, 6.07) is 0. The van der Waals surface area contributed by atoms with Crippen LogP contribution in [0.1, 0.15) is 11.1 Å². The number of ether oxygens (including phenoxy) is 2. The quantitative estimate of drug-likeness (QED) is 0.778. The van der Waals surface area contributed by atoms with Crippen molar-refractivity contribution < 1.29 is 22.6 Å². The highest BCUT2D eigenvalue weighted by atomic mass is 35.5. The molecule has 0 radical (unpaired) electrons. The Morgan fingerprint density at radius 2 is 2.06 bits per heavy atom. The molecule has 1 rings (SSSR count). The summed E-state index contributed by atoms with van der Waals surface area (Å²) in [5.41, 5.74) is 1.07. The number of hydrogen-bond acceptors (Lipinski definition) is 3. The molecule has 1 heterocycles. The monoisotopic (exact) mass is 255 g/mol. The Morgan fingerprint density at radius 1 is 1.44 bits per heavy atom. The second kappa shape index (κ2) is 4.78. The Kier molecular flexibility index (Phi) is 3.85. The van der Waals surface area contributed by atoms with E-state index in [2.05, 4.69) is 9.72 Å². The summed E-state index contributed by atoms with van der Waals surface area (Å²) in [6.07, 6.45) is -3.57. The van der Waals surface area contributed by atoms with E-state index in [9.17, 15) is 13.2 Å². The third-order valence-electron chi connectivity index (χ3n) is 1.91. The van der Waals surface area contributed by atoms with E-state index in [-0.39, 0.29) is 11.6 Å². The number of aromatic nitrogens is 1. The second-order valence-electron chi connectivity index (χ2n) is 2.93. The molecule has 1 aromatic rings. The van der Waals surface area contributed by atoms with Crippen molar-refractivity contribution in [3.05, 3.63) is 17.3 Å². The van der Waals surface area contributed by atoms with Crippen LogP contribution in [0.2, 0.25) is 0 Å². The molecule has 0 spiro atoms. The lowest BCUT2D eigenvalue weighted by atomic mass is 10.1. The number of nitrogens with zero attached hydrogens (tertiary/aromatic N) is 1. The van der Waals surface area contributed by atoms with Crippen LogP contribution in [0.5, 0.6) is 11.6 Å². The maximum Gasteiger partial charge on any atom is 0.574 e. The fourth-order valence-electron chi connectivity index (χ4n) is 1.16. The smallest absolute Gasteiger partial charge is 0.491 e. The Labute approximate surface area is 95.1 Å². The van der Waals surface area contributed by atoms with Crippen molar-refractivity contribution in [2.24, 2.45) is 0 Å². The molecule has 0 atom stereocenters. The molecule has 0 aliphatic carbocycles. The third-order valence-corrected chi connectivity index (χ3v) is 2.20. The lowest BCUT2D eigenvalue weighted by Crippen LogP contribution is -2.18. The minimum Gasteiger partial charge on any atom is -0.491 e. The minimum atomic E-state index is -4.80. The Morgan fingerprint density at radius 3 is 2.50 bits per heavy atom. The fraction of sp³-hybridized carbons (Fsp3) is 0.444. The van der Waals surface area contributed by atoms with Crippen LogP contribution in [-0.2, 0) is 5.88 Å². The summed E-state index contributed by atoms with van der Waals surface area (Å²) in [7, 11) is 1.24. The van der Waals surface area contributed by atoms with Gasteiger partial charge in [-0.2, -0.15) is 0 Å². The number of alkyl halides is 4. The second-order valence-corrected chi connectivity index (χ2v) is 3.20. The van der Waals surface area contributed by atoms with Crippen LogP contribution in [0.15, 0.2) is 6.20 Å². The maximum atomic E-state index is 12.0. The van der Waals surface area contributed by atoms with Crippen LogP contribution >= 0.6 is 11.6 Å². The Balaban J connectivity index is 3.16. The van der Waals surface area contributed by atoms with Gasteiger partial charge in [0.25, 0.3) is 5.88 Å². The fourth-order valence-corrected chi connectivity index (χ4v) is 1.43. The van der Waals surface area contributed by atoms with Crippen LogP contribution in [0.3, 0.4) is 0 Å². The molecule has 0 unspecified atom stereocenters. The number of pyridine rings is 1. The van der Waals surface area contributed by atoms with Gasteiger partial charge in [-0.1, -0.05) is 0 Å². The van der Waals surface area contributed by atoms with Gasteiger partial charge in [-0.15, -0.1) is 24.8 Å². The molecule has 90 valence electrons. The van der Waals surface area contributed by atoms with Gasteiger partial charge < -0.3 is 9.47 Å². The molecular formula is C9H9ClF3NO2. The van der Waals surface area contributed by atoms with Crippen molar-refractivity contribution in [3.8, 4) is 11.6 Å². The van der Waals surface area contributed by atoms with Gasteiger partial charge in [0.05, 0.1) is 7.11 Å². The molecule has 16 heavy (non-hydrogen) atoms. The highest BCUT2D eigenvalue weighted by Crippen LogP contribution is 2.34. The Bertz CT molecular complexity index is 382. The van der Waals surface area contributed by atoms with E-state index in [4.69, 9.17) is 16.3 Å². The largest absolute Gasteiger partial charge is 0.574 e. The highest BCUT2D eigenvalue weighted by molar-refractivity contribution is 6.17. The first-order chi connectivity index (χ1) is 7.39. The zero-order valence-electron chi connectivity index (χ0n) is 8.56. The topological polar surface area (TPSA) is 31.4 Å². The van der Waals surface area contributed by atoms with Crippen molar-refractivity contribution in [2.75, 3.05) is 7.11 Å². The average molecular weight is 256 g/mol. The SMILES string of the molecule is COc1c(OC(F)(F)F)ncc(CCl)c1C. The zero-order chi connectivity index (χ0) is 12.3. The van der Waals surface area contributed by atoms with Gasteiger partial charge in [0.2, 0.25) is 0 Å². The summed E-state index contributed by atoms with van der Waals surface area (Å²) in [5.74, 6) is -0.529. The molecule has 0 aliphatic heterocycles. The van der Waals surface area contributed by atoms with Crippen molar-refractivity contribution in [3.63, 3.8) is 0 Å². The van der Waals surface area contributed by atoms with Crippen molar-refractivity contribution in [1.29, 1.82) is 0 Å². The number of halogens is 4. The van der Waals surface area contributed by atoms with Gasteiger partial charge in [-0.25, -0.2) is 4.98 Å². The molecule has 3 nitrogen and oxygen atoms in total. The summed E-state index contributed by atoms with van der Waals surface area (Å²) >= 11 is 5.59. The van der Waals surface area contributed by atoms with Crippen molar-refractivity contribution >= 4 is 11.6 Å². The van der Waals surface area contributed by atoms with Crippen LogP contribution in [-0.4, -0.2) is 18.5 Å². The van der Waals surface area contributed by atoms with E-state index >= 15 is 0 Å². The lowest BCUT2D eigenvalue weighted by molar-refractivity contribution is -0.276. The van der Waals surface area contributed by atoms with E-state index in [1.54, 1.807) is 6.92 Å². The normalized spacial score (nSPS) is 11.4. The van der Waals surface area contributed by atoms with E-state index in [1.165, 1.54) is 13.3 Å². The molecule has 7 heteroatoms. The number of hydrogen-bond donors (Lipinski definition) is 0. The van der Waals surface area contributed by atoms with Crippen LogP contribution < -0.4 is 9.47 Å². The number of rotatable bonds is 3. The molecule has 0 amide bonds. The van der Waals surface area contributed by atoms with Gasteiger partial charge in [-0.05, 0) is 12.5 Å². The minimum absolute atomic E-state index is 0.0597. The first kappa shape index (κ1) is 12.9. The first-order valence-corrected chi connectivity index (χ1v) is 4.76. The van der Waals surface area contributed by atoms with Crippen molar-refractivity contribution in [2.45, 2.75) is 19.2 Å². The standard InChI is InChI=1S/C9H9ClF3NO2/c1-5-6(3-10)4-14-8(7(5)15-2)16-9(11,12)13/h4H,3H2,1-2H3. The Hall–Kier alpha value is -1.17. The van der Waals surface area contributed by atoms with Crippen molar-refractivity contribution in [1.82, 2.24) is 4.98 Å². The molecule has 0 N–H and O–H groups in total. The summed E-state index contributed by atoms with van der Waals surface area (Å²) in [6.45, 7) is 1.58. The average Bonchev–Trinajstić information content (AvgIpc) is 2.16. The molecule has 0 saturated heterocycles. The van der Waals surface area contributed by atoms with Crippen LogP contribution in [0.25, 0.3) is 0 Å². The van der Waals surface area contributed by atoms with Crippen LogP contribution in [0, 0.1) is 6.92 Å². The molecule has 0 aliphatic rings. The maximum absolute atomic E-state index is 12.0. The van der Waals surface area contributed by atoms with E-state index < -0.39 is 12.2 Å². The zero-order valence-corrected chi connectivity index (χ0v) is 9.32. The molecule has 0 fully saturated rings. The number of methoxy groups -OCH3 is 1. The molecule has 1 aromatic heterocycles. The van der Waals surface area contributed by atoms with Gasteiger partial charge in [0, 0.05) is 17.6 Å². The van der Waals surface area contributed by atoms with E-state index in [0.29, 0.717) is 11.1 Å². The predicted octanol–water partition coefficient (Wildman–Crippen LogP) is 3.04. The van der Waals surface area contributed by atoms with Gasteiger partial charge in [0.1, 0.15) is 0 Å². The predicted molar refractivity (Wildman–Crippen MR) is 51.8 cm³/mol. The first-order valence-electron chi connectivity index (χ1n) is 4.23. The van der Waals surface area contributed by atoms with E-state index in [1.807, 2.05) is 0 Å². The molecule has 0 saturated carbocycles. The van der Waals surface area contributed by atoms with Gasteiger partial charge in [-0.3, -0.25) is 0 Å². The molecular weight excluding hydrogens is 247 g/mol. The summed E-state index contributed by atoms with van der Waals surface area (Å²) in [4.78, 5) is 3.51. The van der Waals surface area contributed by atoms with Crippen LogP contribution in [0.4, 0.5) is 13.2 Å². The van der Waals surface area contributed by atoms with Gasteiger partial charge >= 0.3 is 6.36 Å². The highest BCUT2D eigenvalue weighted by Gasteiger charge is 2.33.